The van der Waals surface area contributed by atoms with Crippen molar-refractivity contribution in [1.82, 2.24) is 10.6 Å². The van der Waals surface area contributed by atoms with Gasteiger partial charge in [0.25, 0.3) is 5.91 Å². The lowest BCUT2D eigenvalue weighted by atomic mass is 10.1. The van der Waals surface area contributed by atoms with Gasteiger partial charge in [-0.05, 0) is 17.7 Å². The number of nitrogens with one attached hydrogen (secondary N) is 3. The largest absolute Gasteiger partial charge is 0.370 e. The number of rotatable bonds is 7. The summed E-state index contributed by atoms with van der Waals surface area (Å²) in [7, 11) is 0. The zero-order valence-electron chi connectivity index (χ0n) is 15.6. The molecule has 0 radical (unpaired) electrons. The van der Waals surface area contributed by atoms with Crippen LogP contribution in [-0.2, 0) is 9.53 Å². The molecule has 1 aliphatic rings. The second-order valence-corrected chi connectivity index (χ2v) is 6.76. The Morgan fingerprint density at radius 1 is 1.04 bits per heavy atom. The predicted molar refractivity (Wildman–Crippen MR) is 102 cm³/mol. The summed E-state index contributed by atoms with van der Waals surface area (Å²) < 4.78 is 19.1. The molecule has 28 heavy (non-hydrogen) atoms. The average Bonchev–Trinajstić information content (AvgIpc) is 2.73. The first-order chi connectivity index (χ1) is 13.6. The van der Waals surface area contributed by atoms with Crippen molar-refractivity contribution in [2.45, 2.75) is 6.04 Å². The second kappa shape index (κ2) is 9.96. The van der Waals surface area contributed by atoms with E-state index in [1.807, 2.05) is 30.3 Å². The first kappa shape index (κ1) is 20.0. The normalized spacial score (nSPS) is 15.6. The zero-order valence-corrected chi connectivity index (χ0v) is 15.6. The lowest BCUT2D eigenvalue weighted by Crippen LogP contribution is -3.14. The highest BCUT2D eigenvalue weighted by atomic mass is 19.1. The SMILES string of the molecule is O=C(CNC(=O)c1ccccc1F)N[C@@H](C[NH+]1CCOCC1)c1ccccc1. The monoisotopic (exact) mass is 386 g/mol. The van der Waals surface area contributed by atoms with Gasteiger partial charge in [0.1, 0.15) is 31.5 Å². The van der Waals surface area contributed by atoms with Crippen molar-refractivity contribution in [3.8, 4) is 0 Å². The van der Waals surface area contributed by atoms with Crippen LogP contribution in [0.5, 0.6) is 0 Å². The van der Waals surface area contributed by atoms with Gasteiger partial charge in [0, 0.05) is 0 Å². The molecular formula is C21H25FN3O3+. The fourth-order valence-electron chi connectivity index (χ4n) is 3.24. The van der Waals surface area contributed by atoms with E-state index in [0.29, 0.717) is 13.2 Å². The molecule has 1 heterocycles. The highest BCUT2D eigenvalue weighted by Crippen LogP contribution is 2.11. The predicted octanol–water partition coefficient (Wildman–Crippen LogP) is 0.328. The van der Waals surface area contributed by atoms with E-state index in [9.17, 15) is 14.0 Å². The molecule has 1 aliphatic heterocycles. The third-order valence-electron chi connectivity index (χ3n) is 4.76. The number of hydrogen-bond donors (Lipinski definition) is 3. The highest BCUT2D eigenvalue weighted by molar-refractivity contribution is 5.96. The van der Waals surface area contributed by atoms with Gasteiger partial charge in [0.2, 0.25) is 5.91 Å². The molecule has 2 aromatic carbocycles. The van der Waals surface area contributed by atoms with Gasteiger partial charge in [-0.1, -0.05) is 42.5 Å². The van der Waals surface area contributed by atoms with E-state index in [2.05, 4.69) is 10.6 Å². The van der Waals surface area contributed by atoms with Gasteiger partial charge in [-0.15, -0.1) is 0 Å². The molecule has 0 unspecified atom stereocenters. The van der Waals surface area contributed by atoms with Gasteiger partial charge < -0.3 is 20.3 Å². The van der Waals surface area contributed by atoms with Gasteiger partial charge in [-0.3, -0.25) is 9.59 Å². The average molecular weight is 386 g/mol. The third kappa shape index (κ3) is 5.61. The van der Waals surface area contributed by atoms with Crippen LogP contribution in [0.1, 0.15) is 22.0 Å². The Labute approximate surface area is 163 Å². The molecule has 1 saturated heterocycles. The van der Waals surface area contributed by atoms with E-state index in [0.717, 1.165) is 25.2 Å². The van der Waals surface area contributed by atoms with Crippen LogP contribution >= 0.6 is 0 Å². The first-order valence-corrected chi connectivity index (χ1v) is 9.42. The van der Waals surface area contributed by atoms with Crippen LogP contribution < -0.4 is 15.5 Å². The Hall–Kier alpha value is -2.77. The van der Waals surface area contributed by atoms with Crippen LogP contribution in [0.15, 0.2) is 54.6 Å². The third-order valence-corrected chi connectivity index (χ3v) is 4.76. The maximum Gasteiger partial charge on any atom is 0.254 e. The maximum absolute atomic E-state index is 13.7. The molecule has 1 atom stereocenters. The topological polar surface area (TPSA) is 71.9 Å². The van der Waals surface area contributed by atoms with E-state index in [-0.39, 0.29) is 24.1 Å². The Morgan fingerprint density at radius 2 is 1.71 bits per heavy atom. The van der Waals surface area contributed by atoms with Crippen LogP contribution in [0.2, 0.25) is 0 Å². The summed E-state index contributed by atoms with van der Waals surface area (Å²) >= 11 is 0. The van der Waals surface area contributed by atoms with Crippen molar-refractivity contribution in [1.29, 1.82) is 0 Å². The van der Waals surface area contributed by atoms with Crippen LogP contribution in [0.25, 0.3) is 0 Å². The van der Waals surface area contributed by atoms with Crippen molar-refractivity contribution in [2.75, 3.05) is 39.4 Å². The Kier molecular flexibility index (Phi) is 7.11. The van der Waals surface area contributed by atoms with E-state index >= 15 is 0 Å². The molecule has 0 aromatic heterocycles. The van der Waals surface area contributed by atoms with E-state index in [4.69, 9.17) is 4.74 Å². The van der Waals surface area contributed by atoms with E-state index in [1.165, 1.54) is 23.1 Å². The van der Waals surface area contributed by atoms with Crippen LogP contribution in [0.4, 0.5) is 4.39 Å². The lowest BCUT2D eigenvalue weighted by Gasteiger charge is -2.28. The number of morpholine rings is 1. The minimum absolute atomic E-state index is 0.0762. The molecule has 148 valence electrons. The van der Waals surface area contributed by atoms with Crippen molar-refractivity contribution >= 4 is 11.8 Å². The maximum atomic E-state index is 13.7. The van der Waals surface area contributed by atoms with Gasteiger partial charge >= 0.3 is 0 Å². The summed E-state index contributed by atoms with van der Waals surface area (Å²) in [6.45, 7) is 3.73. The summed E-state index contributed by atoms with van der Waals surface area (Å²) in [6, 6.07) is 15.3. The highest BCUT2D eigenvalue weighted by Gasteiger charge is 2.23. The molecule has 3 N–H and O–H groups in total. The number of amides is 2. The summed E-state index contributed by atoms with van der Waals surface area (Å²) in [5, 5.41) is 5.48. The number of quaternary nitrogens is 1. The van der Waals surface area contributed by atoms with Gasteiger partial charge in [0.05, 0.1) is 25.3 Å². The van der Waals surface area contributed by atoms with Crippen molar-refractivity contribution < 1.29 is 23.6 Å². The summed E-state index contributed by atoms with van der Waals surface area (Å²) in [5.74, 6) is -1.53. The van der Waals surface area contributed by atoms with Crippen LogP contribution in [-0.4, -0.2) is 51.2 Å². The second-order valence-electron chi connectivity index (χ2n) is 6.76. The summed E-state index contributed by atoms with van der Waals surface area (Å²) in [5.41, 5.74) is 0.933. The molecule has 2 amide bonds. The number of carbonyl (C=O) groups is 2. The quantitative estimate of drug-likeness (QED) is 0.642. The van der Waals surface area contributed by atoms with Crippen molar-refractivity contribution in [3.63, 3.8) is 0 Å². The van der Waals surface area contributed by atoms with Gasteiger partial charge in [-0.25, -0.2) is 4.39 Å². The number of halogens is 1. The van der Waals surface area contributed by atoms with Gasteiger partial charge in [-0.2, -0.15) is 0 Å². The molecule has 2 aromatic rings. The number of benzene rings is 2. The molecule has 0 bridgehead atoms. The zero-order chi connectivity index (χ0) is 19.8. The van der Waals surface area contributed by atoms with E-state index in [1.54, 1.807) is 6.07 Å². The standard InChI is InChI=1S/C21H24FN3O3/c22-18-9-5-4-8-17(18)21(27)23-14-20(26)24-19(16-6-2-1-3-7-16)15-25-10-12-28-13-11-25/h1-9,19H,10-15H2,(H,23,27)(H,24,26)/p+1/t19-/m0/s1. The Bertz CT molecular complexity index is 794. The first-order valence-electron chi connectivity index (χ1n) is 9.42. The van der Waals surface area contributed by atoms with Crippen molar-refractivity contribution in [3.05, 3.63) is 71.5 Å². The fraction of sp³-hybridized carbons (Fsp3) is 0.333. The number of carbonyl (C=O) groups excluding carboxylic acids is 2. The summed E-state index contributed by atoms with van der Waals surface area (Å²) in [4.78, 5) is 25.9. The van der Waals surface area contributed by atoms with Crippen molar-refractivity contribution in [2.24, 2.45) is 0 Å². The molecular weight excluding hydrogens is 361 g/mol. The Balaban J connectivity index is 1.59. The molecule has 0 spiro atoms. The lowest BCUT2D eigenvalue weighted by molar-refractivity contribution is -0.909. The molecule has 0 saturated carbocycles. The minimum Gasteiger partial charge on any atom is -0.370 e. The summed E-state index contributed by atoms with van der Waals surface area (Å²) in [6.07, 6.45) is 0. The number of ether oxygens (including phenoxy) is 1. The van der Waals surface area contributed by atoms with Crippen LogP contribution in [0.3, 0.4) is 0 Å². The molecule has 1 fully saturated rings. The molecule has 6 nitrogen and oxygen atoms in total. The minimum atomic E-state index is -0.613. The number of hydrogen-bond acceptors (Lipinski definition) is 3. The Morgan fingerprint density at radius 3 is 2.43 bits per heavy atom. The molecule has 7 heteroatoms. The molecule has 3 rings (SSSR count). The molecule has 0 aliphatic carbocycles. The smallest absolute Gasteiger partial charge is 0.254 e. The van der Waals surface area contributed by atoms with E-state index < -0.39 is 11.7 Å². The van der Waals surface area contributed by atoms with Crippen LogP contribution in [0, 0.1) is 5.82 Å². The van der Waals surface area contributed by atoms with Gasteiger partial charge in [0.15, 0.2) is 0 Å². The fourth-order valence-corrected chi connectivity index (χ4v) is 3.24.